The van der Waals surface area contributed by atoms with Crippen LogP contribution in [0.2, 0.25) is 0 Å². The van der Waals surface area contributed by atoms with E-state index in [-0.39, 0.29) is 0 Å². The van der Waals surface area contributed by atoms with E-state index in [9.17, 15) is 0 Å². The van der Waals surface area contributed by atoms with Crippen molar-refractivity contribution in [1.29, 1.82) is 0 Å². The summed E-state index contributed by atoms with van der Waals surface area (Å²) in [6.07, 6.45) is 5.33. The predicted molar refractivity (Wildman–Crippen MR) is 68.8 cm³/mol. The van der Waals surface area contributed by atoms with Crippen molar-refractivity contribution in [2.24, 2.45) is 17.8 Å². The second-order valence-corrected chi connectivity index (χ2v) is 6.25. The molecule has 16 heavy (non-hydrogen) atoms. The average Bonchev–Trinajstić information content (AvgIpc) is 2.89. The Kier molecular flexibility index (Phi) is 2.71. The summed E-state index contributed by atoms with van der Waals surface area (Å²) in [5.74, 6) is 2.88. The minimum absolute atomic E-state index is 0.357. The zero-order chi connectivity index (χ0) is 11.1. The molecule has 1 aromatic carbocycles. The summed E-state index contributed by atoms with van der Waals surface area (Å²) >= 11 is 6.55. The van der Waals surface area contributed by atoms with Crippen molar-refractivity contribution in [3.8, 4) is 0 Å². The molecule has 0 bridgehead atoms. The van der Waals surface area contributed by atoms with Crippen molar-refractivity contribution in [1.82, 2.24) is 0 Å². The van der Waals surface area contributed by atoms with Gasteiger partial charge in [-0.15, -0.1) is 11.6 Å². The van der Waals surface area contributed by atoms with E-state index < -0.39 is 0 Å². The van der Waals surface area contributed by atoms with E-state index in [2.05, 4.69) is 31.2 Å². The number of aryl methyl sites for hydroxylation is 1. The number of hydrogen-bond donors (Lipinski definition) is 0. The van der Waals surface area contributed by atoms with Crippen molar-refractivity contribution >= 4 is 11.6 Å². The molecule has 0 amide bonds. The Morgan fingerprint density at radius 1 is 1.12 bits per heavy atom. The van der Waals surface area contributed by atoms with E-state index >= 15 is 0 Å². The van der Waals surface area contributed by atoms with Gasteiger partial charge in [-0.1, -0.05) is 29.8 Å². The van der Waals surface area contributed by atoms with Gasteiger partial charge in [0, 0.05) is 5.38 Å². The molecule has 2 fully saturated rings. The Morgan fingerprint density at radius 2 is 1.75 bits per heavy atom. The molecule has 3 unspecified atom stereocenters. The van der Waals surface area contributed by atoms with E-state index in [1.54, 1.807) is 0 Å². The molecule has 0 spiro atoms. The van der Waals surface area contributed by atoms with Gasteiger partial charge in [0.2, 0.25) is 0 Å². The van der Waals surface area contributed by atoms with Gasteiger partial charge in [0.05, 0.1) is 0 Å². The zero-order valence-corrected chi connectivity index (χ0v) is 10.6. The lowest BCUT2D eigenvalue weighted by molar-refractivity contribution is 0.460. The van der Waals surface area contributed by atoms with Crippen LogP contribution in [0.3, 0.4) is 0 Å². The second-order valence-electron chi connectivity index (χ2n) is 5.69. The highest BCUT2D eigenvalue weighted by molar-refractivity contribution is 6.20. The molecule has 0 N–H and O–H groups in total. The van der Waals surface area contributed by atoms with Crippen LogP contribution in [0, 0.1) is 24.7 Å². The van der Waals surface area contributed by atoms with Gasteiger partial charge >= 0.3 is 0 Å². The quantitative estimate of drug-likeness (QED) is 0.688. The summed E-state index contributed by atoms with van der Waals surface area (Å²) in [7, 11) is 0. The molecule has 0 radical (unpaired) electrons. The molecule has 3 rings (SSSR count). The lowest BCUT2D eigenvalue weighted by Gasteiger charge is -2.18. The van der Waals surface area contributed by atoms with E-state index in [0.29, 0.717) is 5.38 Å². The van der Waals surface area contributed by atoms with Gasteiger partial charge in [0.1, 0.15) is 0 Å². The van der Waals surface area contributed by atoms with Gasteiger partial charge < -0.3 is 0 Å². The number of rotatable bonds is 3. The third-order valence-electron chi connectivity index (χ3n) is 4.34. The van der Waals surface area contributed by atoms with Crippen LogP contribution in [0.1, 0.15) is 30.4 Å². The maximum Gasteiger partial charge on any atom is 0.0404 e. The Labute approximate surface area is 103 Å². The number of benzene rings is 1. The van der Waals surface area contributed by atoms with Crippen LogP contribution in [0.25, 0.3) is 0 Å². The third-order valence-corrected chi connectivity index (χ3v) is 4.85. The maximum atomic E-state index is 6.55. The Balaban J connectivity index is 1.59. The standard InChI is InChI=1S/C15H19Cl/c1-10-2-4-11(5-3-10)6-15(16)14-8-12-7-13(12)9-14/h2-5,12-15H,6-9H2,1H3. The minimum atomic E-state index is 0.357. The van der Waals surface area contributed by atoms with Crippen molar-refractivity contribution in [2.45, 2.75) is 38.0 Å². The monoisotopic (exact) mass is 234 g/mol. The first kappa shape index (κ1) is 10.7. The summed E-state index contributed by atoms with van der Waals surface area (Å²) in [4.78, 5) is 0. The highest BCUT2D eigenvalue weighted by Crippen LogP contribution is 2.56. The zero-order valence-electron chi connectivity index (χ0n) is 9.83. The molecule has 0 heterocycles. The van der Waals surface area contributed by atoms with Gasteiger partial charge in [-0.25, -0.2) is 0 Å². The highest BCUT2D eigenvalue weighted by Gasteiger charge is 2.47. The first-order valence-corrected chi connectivity index (χ1v) is 6.85. The molecule has 1 heteroatoms. The van der Waals surface area contributed by atoms with Crippen molar-refractivity contribution in [2.75, 3.05) is 0 Å². The third kappa shape index (κ3) is 2.13. The molecule has 3 atom stereocenters. The lowest BCUT2D eigenvalue weighted by Crippen LogP contribution is -2.16. The maximum absolute atomic E-state index is 6.55. The number of halogens is 1. The topological polar surface area (TPSA) is 0 Å². The van der Waals surface area contributed by atoms with Crippen LogP contribution in [-0.4, -0.2) is 5.38 Å². The van der Waals surface area contributed by atoms with Gasteiger partial charge in [0.15, 0.2) is 0 Å². The fourth-order valence-electron chi connectivity index (χ4n) is 3.17. The highest BCUT2D eigenvalue weighted by atomic mass is 35.5. The summed E-state index contributed by atoms with van der Waals surface area (Å²) < 4.78 is 0. The second kappa shape index (κ2) is 4.07. The van der Waals surface area contributed by atoms with Crippen molar-refractivity contribution in [3.05, 3.63) is 35.4 Å². The van der Waals surface area contributed by atoms with Gasteiger partial charge in [0.25, 0.3) is 0 Å². The van der Waals surface area contributed by atoms with E-state index in [4.69, 9.17) is 11.6 Å². The molecule has 2 aliphatic carbocycles. The first-order valence-electron chi connectivity index (χ1n) is 6.42. The molecule has 0 saturated heterocycles. The van der Waals surface area contributed by atoms with Gasteiger partial charge in [-0.2, -0.15) is 0 Å². The lowest BCUT2D eigenvalue weighted by atomic mass is 9.94. The van der Waals surface area contributed by atoms with E-state index in [1.165, 1.54) is 30.4 Å². The minimum Gasteiger partial charge on any atom is -0.122 e. The molecule has 86 valence electrons. The summed E-state index contributed by atoms with van der Waals surface area (Å²) in [5, 5.41) is 0.357. The summed E-state index contributed by atoms with van der Waals surface area (Å²) in [6, 6.07) is 8.82. The fourth-order valence-corrected chi connectivity index (χ4v) is 3.56. The van der Waals surface area contributed by atoms with Crippen LogP contribution >= 0.6 is 11.6 Å². The van der Waals surface area contributed by atoms with Crippen LogP contribution in [0.15, 0.2) is 24.3 Å². The van der Waals surface area contributed by atoms with Gasteiger partial charge in [-0.3, -0.25) is 0 Å². The average molecular weight is 235 g/mol. The van der Waals surface area contributed by atoms with Crippen LogP contribution < -0.4 is 0 Å². The molecule has 2 saturated carbocycles. The molecule has 0 nitrogen and oxygen atoms in total. The molecule has 2 aliphatic rings. The normalized spacial score (nSPS) is 33.5. The fraction of sp³-hybridized carbons (Fsp3) is 0.600. The molecular formula is C15H19Cl. The number of fused-ring (bicyclic) bond motifs is 1. The predicted octanol–water partition coefficient (Wildman–Crippen LogP) is 4.19. The molecular weight excluding hydrogens is 216 g/mol. The first-order chi connectivity index (χ1) is 7.72. The van der Waals surface area contributed by atoms with Crippen LogP contribution in [0.4, 0.5) is 0 Å². The number of hydrogen-bond acceptors (Lipinski definition) is 0. The SMILES string of the molecule is Cc1ccc(CC(Cl)C2CC3CC3C2)cc1. The Bertz CT molecular complexity index is 358. The van der Waals surface area contributed by atoms with E-state index in [0.717, 1.165) is 24.2 Å². The van der Waals surface area contributed by atoms with E-state index in [1.807, 2.05) is 0 Å². The summed E-state index contributed by atoms with van der Waals surface area (Å²) in [5.41, 5.74) is 2.73. The Morgan fingerprint density at radius 3 is 2.38 bits per heavy atom. The number of alkyl halides is 1. The summed E-state index contributed by atoms with van der Waals surface area (Å²) in [6.45, 7) is 2.13. The largest absolute Gasteiger partial charge is 0.122 e. The van der Waals surface area contributed by atoms with Gasteiger partial charge in [-0.05, 0) is 55.9 Å². The smallest absolute Gasteiger partial charge is 0.0404 e. The molecule has 0 aliphatic heterocycles. The Hall–Kier alpha value is -0.490. The molecule has 0 aromatic heterocycles. The van der Waals surface area contributed by atoms with Crippen LogP contribution in [0.5, 0.6) is 0 Å². The van der Waals surface area contributed by atoms with Crippen LogP contribution in [-0.2, 0) is 6.42 Å². The molecule has 1 aromatic rings. The van der Waals surface area contributed by atoms with Crippen molar-refractivity contribution in [3.63, 3.8) is 0 Å². The van der Waals surface area contributed by atoms with Crippen molar-refractivity contribution < 1.29 is 0 Å².